The first kappa shape index (κ1) is 17.2. The summed E-state index contributed by atoms with van der Waals surface area (Å²) in [6, 6.07) is -0.151. The molecule has 0 aromatic heterocycles. The molecular formula is C18H29N3O3. The zero-order valence-electron chi connectivity index (χ0n) is 14.8. The number of nitrogens with one attached hydrogen (secondary N) is 1. The summed E-state index contributed by atoms with van der Waals surface area (Å²) in [7, 11) is 0. The number of carbonyl (C=O) groups is 3. The van der Waals surface area contributed by atoms with Crippen LogP contribution in [-0.4, -0.2) is 52.3 Å². The quantitative estimate of drug-likeness (QED) is 0.805. The third kappa shape index (κ3) is 2.80. The molecular weight excluding hydrogens is 306 g/mol. The Morgan fingerprint density at radius 3 is 2.67 bits per heavy atom. The SMILES string of the molecule is CC[C@@H]1CCCCN1C(=O)CN1C(=O)N[C@]2(CCCC[C@H]2C)C1=O. The van der Waals surface area contributed by atoms with Crippen LogP contribution in [0, 0.1) is 5.92 Å². The molecule has 2 heterocycles. The van der Waals surface area contributed by atoms with Crippen LogP contribution in [0.1, 0.15) is 65.2 Å². The van der Waals surface area contributed by atoms with Gasteiger partial charge in [-0.1, -0.05) is 26.7 Å². The number of piperidine rings is 1. The maximum Gasteiger partial charge on any atom is 0.325 e. The number of carbonyl (C=O) groups excluding carboxylic acids is 3. The van der Waals surface area contributed by atoms with Gasteiger partial charge < -0.3 is 10.2 Å². The molecule has 1 spiro atoms. The first-order valence-corrected chi connectivity index (χ1v) is 9.43. The highest BCUT2D eigenvalue weighted by Gasteiger charge is 2.55. The third-order valence-corrected chi connectivity index (χ3v) is 6.21. The van der Waals surface area contributed by atoms with Crippen molar-refractivity contribution in [1.82, 2.24) is 15.1 Å². The summed E-state index contributed by atoms with van der Waals surface area (Å²) in [6.07, 6.45) is 7.76. The van der Waals surface area contributed by atoms with Gasteiger partial charge in [0, 0.05) is 12.6 Å². The topological polar surface area (TPSA) is 69.7 Å². The number of nitrogens with zero attached hydrogens (tertiary/aromatic N) is 2. The molecule has 0 aromatic rings. The first-order valence-electron chi connectivity index (χ1n) is 9.43. The van der Waals surface area contributed by atoms with Crippen LogP contribution in [0.25, 0.3) is 0 Å². The van der Waals surface area contributed by atoms with Gasteiger partial charge in [0.2, 0.25) is 5.91 Å². The third-order valence-electron chi connectivity index (χ3n) is 6.21. The summed E-state index contributed by atoms with van der Waals surface area (Å²) in [5.41, 5.74) is -0.776. The molecule has 3 aliphatic rings. The summed E-state index contributed by atoms with van der Waals surface area (Å²) in [6.45, 7) is 4.74. The van der Waals surface area contributed by atoms with E-state index in [1.165, 1.54) is 0 Å². The van der Waals surface area contributed by atoms with Crippen molar-refractivity contribution < 1.29 is 14.4 Å². The van der Waals surface area contributed by atoms with Crippen molar-refractivity contribution in [2.75, 3.05) is 13.1 Å². The Bertz CT molecular complexity index is 536. The van der Waals surface area contributed by atoms with E-state index in [0.29, 0.717) is 6.42 Å². The number of hydrogen-bond acceptors (Lipinski definition) is 3. The summed E-state index contributed by atoms with van der Waals surface area (Å²) in [5, 5.41) is 2.92. The van der Waals surface area contributed by atoms with Gasteiger partial charge >= 0.3 is 6.03 Å². The molecule has 1 aliphatic carbocycles. The van der Waals surface area contributed by atoms with Gasteiger partial charge in [0.1, 0.15) is 12.1 Å². The molecule has 0 bridgehead atoms. The van der Waals surface area contributed by atoms with E-state index in [2.05, 4.69) is 12.2 Å². The van der Waals surface area contributed by atoms with Gasteiger partial charge in [-0.3, -0.25) is 14.5 Å². The maximum atomic E-state index is 12.9. The fourth-order valence-electron chi connectivity index (χ4n) is 4.62. The highest BCUT2D eigenvalue weighted by Crippen LogP contribution is 2.38. The number of amides is 4. The molecule has 4 amide bonds. The second kappa shape index (κ2) is 6.73. The minimum Gasteiger partial charge on any atom is -0.338 e. The van der Waals surface area contributed by atoms with Crippen LogP contribution in [0.3, 0.4) is 0 Å². The molecule has 0 aromatic carbocycles. The van der Waals surface area contributed by atoms with Crippen LogP contribution in [0.2, 0.25) is 0 Å². The van der Waals surface area contributed by atoms with Crippen molar-refractivity contribution in [2.24, 2.45) is 5.92 Å². The zero-order valence-corrected chi connectivity index (χ0v) is 14.8. The first-order chi connectivity index (χ1) is 11.5. The van der Waals surface area contributed by atoms with Gasteiger partial charge in [0.15, 0.2) is 0 Å². The fraction of sp³-hybridized carbons (Fsp3) is 0.833. The van der Waals surface area contributed by atoms with Gasteiger partial charge in [0.05, 0.1) is 0 Å². The van der Waals surface area contributed by atoms with Crippen LogP contribution < -0.4 is 5.32 Å². The molecule has 6 heteroatoms. The zero-order chi connectivity index (χ0) is 17.3. The minimum atomic E-state index is -0.776. The Kier molecular flexibility index (Phi) is 4.83. The number of imide groups is 1. The Hall–Kier alpha value is -1.59. The van der Waals surface area contributed by atoms with Crippen LogP contribution in [0.5, 0.6) is 0 Å². The molecule has 2 aliphatic heterocycles. The Balaban J connectivity index is 1.72. The predicted octanol–water partition coefficient (Wildman–Crippen LogP) is 2.28. The monoisotopic (exact) mass is 335 g/mol. The van der Waals surface area contributed by atoms with E-state index in [0.717, 1.165) is 56.4 Å². The van der Waals surface area contributed by atoms with Gasteiger partial charge in [-0.2, -0.15) is 0 Å². The van der Waals surface area contributed by atoms with Crippen molar-refractivity contribution >= 4 is 17.8 Å². The Morgan fingerprint density at radius 2 is 1.96 bits per heavy atom. The Morgan fingerprint density at radius 1 is 1.21 bits per heavy atom. The molecule has 134 valence electrons. The molecule has 24 heavy (non-hydrogen) atoms. The summed E-state index contributed by atoms with van der Waals surface area (Å²) < 4.78 is 0. The van der Waals surface area contributed by atoms with Crippen LogP contribution in [0.4, 0.5) is 4.79 Å². The molecule has 1 saturated carbocycles. The average Bonchev–Trinajstić information content (AvgIpc) is 2.82. The maximum absolute atomic E-state index is 12.9. The number of hydrogen-bond donors (Lipinski definition) is 1. The number of urea groups is 1. The minimum absolute atomic E-state index is 0.0921. The summed E-state index contributed by atoms with van der Waals surface area (Å²) in [4.78, 5) is 41.1. The lowest BCUT2D eigenvalue weighted by molar-refractivity contribution is -0.142. The molecule has 1 N–H and O–H groups in total. The van der Waals surface area contributed by atoms with Crippen molar-refractivity contribution in [3.8, 4) is 0 Å². The van der Waals surface area contributed by atoms with E-state index in [1.54, 1.807) is 0 Å². The largest absolute Gasteiger partial charge is 0.338 e. The van der Waals surface area contributed by atoms with Crippen molar-refractivity contribution in [1.29, 1.82) is 0 Å². The van der Waals surface area contributed by atoms with E-state index in [4.69, 9.17) is 0 Å². The lowest BCUT2D eigenvalue weighted by atomic mass is 9.73. The molecule has 6 nitrogen and oxygen atoms in total. The second-order valence-electron chi connectivity index (χ2n) is 7.58. The van der Waals surface area contributed by atoms with Crippen molar-refractivity contribution in [3.63, 3.8) is 0 Å². The van der Waals surface area contributed by atoms with Crippen LogP contribution in [-0.2, 0) is 9.59 Å². The molecule has 2 saturated heterocycles. The highest BCUT2D eigenvalue weighted by atomic mass is 16.2. The fourth-order valence-corrected chi connectivity index (χ4v) is 4.62. The van der Waals surface area contributed by atoms with E-state index < -0.39 is 11.6 Å². The smallest absolute Gasteiger partial charge is 0.325 e. The standard InChI is InChI=1S/C18H29N3O3/c1-3-14-9-5-7-11-20(14)15(22)12-21-16(23)18(19-17(21)24)10-6-4-8-13(18)2/h13-14H,3-12H2,1-2H3,(H,19,24)/t13-,14-,18+/m1/s1. The molecule has 3 rings (SSSR count). The lowest BCUT2D eigenvalue weighted by Crippen LogP contribution is -2.54. The predicted molar refractivity (Wildman–Crippen MR) is 90.3 cm³/mol. The van der Waals surface area contributed by atoms with E-state index in [-0.39, 0.29) is 30.3 Å². The average molecular weight is 335 g/mol. The second-order valence-corrected chi connectivity index (χ2v) is 7.58. The van der Waals surface area contributed by atoms with E-state index in [9.17, 15) is 14.4 Å². The molecule has 3 atom stereocenters. The van der Waals surface area contributed by atoms with E-state index >= 15 is 0 Å². The van der Waals surface area contributed by atoms with E-state index in [1.807, 2.05) is 11.8 Å². The highest BCUT2D eigenvalue weighted by molar-refractivity contribution is 6.09. The van der Waals surface area contributed by atoms with Gasteiger partial charge in [0.25, 0.3) is 5.91 Å². The molecule has 0 radical (unpaired) electrons. The van der Waals surface area contributed by atoms with Crippen molar-refractivity contribution in [3.05, 3.63) is 0 Å². The molecule has 0 unspecified atom stereocenters. The number of likely N-dealkylation sites (tertiary alicyclic amines) is 1. The van der Waals surface area contributed by atoms with Crippen LogP contribution >= 0.6 is 0 Å². The number of rotatable bonds is 3. The lowest BCUT2D eigenvalue weighted by Gasteiger charge is -2.37. The summed E-state index contributed by atoms with van der Waals surface area (Å²) in [5.74, 6) is -0.162. The normalized spacial score (nSPS) is 33.9. The van der Waals surface area contributed by atoms with Gasteiger partial charge in [-0.05, 0) is 44.4 Å². The Labute approximate surface area is 143 Å². The summed E-state index contributed by atoms with van der Waals surface area (Å²) >= 11 is 0. The van der Waals surface area contributed by atoms with Crippen molar-refractivity contribution in [2.45, 2.75) is 76.8 Å². The van der Waals surface area contributed by atoms with Gasteiger partial charge in [-0.25, -0.2) is 4.79 Å². The molecule has 3 fully saturated rings. The van der Waals surface area contributed by atoms with Crippen LogP contribution in [0.15, 0.2) is 0 Å². The van der Waals surface area contributed by atoms with Gasteiger partial charge in [-0.15, -0.1) is 0 Å².